The summed E-state index contributed by atoms with van der Waals surface area (Å²) in [7, 11) is 0. The Morgan fingerprint density at radius 2 is 0.786 bits per heavy atom. The topological polar surface area (TPSA) is 61.8 Å². The second kappa shape index (κ2) is 45.7. The van der Waals surface area contributed by atoms with Gasteiger partial charge in [0, 0.05) is 19.4 Å². The summed E-state index contributed by atoms with van der Waals surface area (Å²) in [6.07, 6.45) is 63.6. The molecule has 0 aromatic rings. The SMILES string of the molecule is CC/C=C\C/C=C\C/C=C\C/C=C\CCC(=O)OCC(COCCCCCC/C=C\C/C=C\C/C=C\CC)OC(=O)CCCCC/C=C\C/C=C\C/C=C\CC. The van der Waals surface area contributed by atoms with E-state index >= 15 is 0 Å². The van der Waals surface area contributed by atoms with Gasteiger partial charge in [0.15, 0.2) is 6.10 Å². The average molecular weight is 773 g/mol. The van der Waals surface area contributed by atoms with Gasteiger partial charge < -0.3 is 14.2 Å². The van der Waals surface area contributed by atoms with Crippen molar-refractivity contribution in [2.24, 2.45) is 0 Å². The number of unbranched alkanes of at least 4 members (excludes halogenated alkanes) is 7. The molecule has 0 saturated heterocycles. The van der Waals surface area contributed by atoms with Crippen LogP contribution in [-0.4, -0.2) is 37.9 Å². The van der Waals surface area contributed by atoms with E-state index in [4.69, 9.17) is 14.2 Å². The number of hydrogen-bond donors (Lipinski definition) is 0. The number of carbonyl (C=O) groups excluding carboxylic acids is 2. The van der Waals surface area contributed by atoms with Crippen molar-refractivity contribution in [3.05, 3.63) is 122 Å². The molecule has 56 heavy (non-hydrogen) atoms. The number of ether oxygens (including phenoxy) is 3. The second-order valence-electron chi connectivity index (χ2n) is 13.8. The fourth-order valence-corrected chi connectivity index (χ4v) is 5.31. The van der Waals surface area contributed by atoms with Crippen molar-refractivity contribution >= 4 is 11.9 Å². The van der Waals surface area contributed by atoms with Crippen LogP contribution in [0, 0.1) is 0 Å². The fraction of sp³-hybridized carbons (Fsp3) is 0.569. The first kappa shape index (κ1) is 52.3. The van der Waals surface area contributed by atoms with E-state index in [1.165, 1.54) is 6.42 Å². The van der Waals surface area contributed by atoms with Gasteiger partial charge in [0.05, 0.1) is 6.61 Å². The smallest absolute Gasteiger partial charge is 0.306 e. The predicted octanol–water partition coefficient (Wildman–Crippen LogP) is 14.7. The molecular formula is C51H80O5. The van der Waals surface area contributed by atoms with Crippen LogP contribution in [0.15, 0.2) is 122 Å². The van der Waals surface area contributed by atoms with Crippen molar-refractivity contribution in [3.63, 3.8) is 0 Å². The number of esters is 2. The zero-order valence-corrected chi connectivity index (χ0v) is 35.8. The molecule has 0 N–H and O–H groups in total. The lowest BCUT2D eigenvalue weighted by atomic mass is 10.1. The third-order valence-electron chi connectivity index (χ3n) is 8.49. The van der Waals surface area contributed by atoms with Crippen LogP contribution >= 0.6 is 0 Å². The van der Waals surface area contributed by atoms with Crippen molar-refractivity contribution in [2.45, 2.75) is 168 Å². The molecule has 5 nitrogen and oxygen atoms in total. The molecule has 0 heterocycles. The van der Waals surface area contributed by atoms with E-state index < -0.39 is 6.10 Å². The molecule has 0 aliphatic rings. The van der Waals surface area contributed by atoms with Gasteiger partial charge in [-0.05, 0) is 109 Å². The maximum atomic E-state index is 12.7. The maximum absolute atomic E-state index is 12.7. The van der Waals surface area contributed by atoms with E-state index in [0.717, 1.165) is 116 Å². The van der Waals surface area contributed by atoms with Gasteiger partial charge in [0.1, 0.15) is 6.61 Å². The van der Waals surface area contributed by atoms with Gasteiger partial charge in [-0.1, -0.05) is 162 Å². The highest BCUT2D eigenvalue weighted by atomic mass is 16.6. The van der Waals surface area contributed by atoms with E-state index in [-0.39, 0.29) is 25.2 Å². The monoisotopic (exact) mass is 773 g/mol. The molecule has 0 aliphatic carbocycles. The molecule has 0 rings (SSSR count). The summed E-state index contributed by atoms with van der Waals surface area (Å²) in [5.41, 5.74) is 0. The molecule has 314 valence electrons. The van der Waals surface area contributed by atoms with Gasteiger partial charge in [-0.2, -0.15) is 0 Å². The van der Waals surface area contributed by atoms with Crippen LogP contribution in [0.4, 0.5) is 0 Å². The first-order valence-corrected chi connectivity index (χ1v) is 22.1. The highest BCUT2D eigenvalue weighted by molar-refractivity contribution is 5.70. The largest absolute Gasteiger partial charge is 0.462 e. The third kappa shape index (κ3) is 43.0. The highest BCUT2D eigenvalue weighted by Gasteiger charge is 2.17. The van der Waals surface area contributed by atoms with Crippen LogP contribution < -0.4 is 0 Å². The number of allylic oxidation sites excluding steroid dienone is 20. The first-order valence-electron chi connectivity index (χ1n) is 22.1. The summed E-state index contributed by atoms with van der Waals surface area (Å²) >= 11 is 0. The molecule has 0 saturated carbocycles. The minimum Gasteiger partial charge on any atom is -0.462 e. The summed E-state index contributed by atoms with van der Waals surface area (Å²) in [5, 5.41) is 0. The molecule has 0 fully saturated rings. The Labute approximate surface area is 344 Å². The Balaban J connectivity index is 4.48. The number of rotatable bonds is 38. The van der Waals surface area contributed by atoms with Crippen molar-refractivity contribution < 1.29 is 23.8 Å². The van der Waals surface area contributed by atoms with Crippen LogP contribution in [0.5, 0.6) is 0 Å². The van der Waals surface area contributed by atoms with Crippen LogP contribution in [0.3, 0.4) is 0 Å². The van der Waals surface area contributed by atoms with E-state index in [1.807, 2.05) is 6.08 Å². The molecule has 0 spiro atoms. The number of hydrogen-bond acceptors (Lipinski definition) is 5. The lowest BCUT2D eigenvalue weighted by Crippen LogP contribution is -2.30. The van der Waals surface area contributed by atoms with Gasteiger partial charge in [0.2, 0.25) is 0 Å². The summed E-state index contributed by atoms with van der Waals surface area (Å²) < 4.78 is 17.2. The standard InChI is InChI=1S/C51H80O5/c1-4-7-10-13-16-19-22-25-28-31-34-37-40-43-46-54-47-49(56-51(53)45-42-39-36-33-30-27-24-21-18-15-12-9-6-3)48-55-50(52)44-41-38-35-32-29-26-23-20-17-14-11-8-5-2/h7-12,16-21,25-30,35,38,49H,4-6,13-15,22-24,31-34,36-37,39-48H2,1-3H3/b10-7-,11-8-,12-9-,19-16-,20-17-,21-18-,28-25-,29-26-,30-27-,38-35-. The Morgan fingerprint density at radius 3 is 1.25 bits per heavy atom. The summed E-state index contributed by atoms with van der Waals surface area (Å²) in [5.74, 6) is -0.552. The minimum atomic E-state index is -0.598. The zero-order valence-electron chi connectivity index (χ0n) is 35.8. The van der Waals surface area contributed by atoms with Gasteiger partial charge in [-0.25, -0.2) is 0 Å². The highest BCUT2D eigenvalue weighted by Crippen LogP contribution is 2.09. The van der Waals surface area contributed by atoms with E-state index in [9.17, 15) is 9.59 Å². The third-order valence-corrected chi connectivity index (χ3v) is 8.49. The predicted molar refractivity (Wildman–Crippen MR) is 242 cm³/mol. The van der Waals surface area contributed by atoms with Gasteiger partial charge in [-0.3, -0.25) is 9.59 Å². The van der Waals surface area contributed by atoms with Crippen LogP contribution in [0.1, 0.15) is 162 Å². The molecule has 0 aromatic heterocycles. The fourth-order valence-electron chi connectivity index (χ4n) is 5.31. The molecule has 0 bridgehead atoms. The summed E-state index contributed by atoms with van der Waals surface area (Å²) in [4.78, 5) is 25.2. The Bertz CT molecular complexity index is 1190. The summed E-state index contributed by atoms with van der Waals surface area (Å²) in [6, 6.07) is 0. The quantitative estimate of drug-likeness (QED) is 0.0355. The first-order chi connectivity index (χ1) is 27.6. The molecule has 0 radical (unpaired) electrons. The summed E-state index contributed by atoms with van der Waals surface area (Å²) in [6.45, 7) is 7.29. The van der Waals surface area contributed by atoms with Crippen LogP contribution in [0.2, 0.25) is 0 Å². The number of carbonyl (C=O) groups is 2. The van der Waals surface area contributed by atoms with Crippen molar-refractivity contribution in [2.75, 3.05) is 19.8 Å². The molecule has 5 heteroatoms. The Morgan fingerprint density at radius 1 is 0.393 bits per heavy atom. The Hall–Kier alpha value is -3.70. The van der Waals surface area contributed by atoms with Crippen molar-refractivity contribution in [3.8, 4) is 0 Å². The van der Waals surface area contributed by atoms with Crippen LogP contribution in [0.25, 0.3) is 0 Å². The maximum Gasteiger partial charge on any atom is 0.306 e. The van der Waals surface area contributed by atoms with Gasteiger partial charge in [0.25, 0.3) is 0 Å². The molecule has 1 unspecified atom stereocenters. The minimum absolute atomic E-state index is 0.0177. The second-order valence-corrected chi connectivity index (χ2v) is 13.8. The lowest BCUT2D eigenvalue weighted by molar-refractivity contribution is -0.162. The van der Waals surface area contributed by atoms with Crippen molar-refractivity contribution in [1.82, 2.24) is 0 Å². The van der Waals surface area contributed by atoms with E-state index in [0.29, 0.717) is 25.9 Å². The van der Waals surface area contributed by atoms with Crippen LogP contribution in [-0.2, 0) is 23.8 Å². The normalized spacial score (nSPS) is 13.4. The lowest BCUT2D eigenvalue weighted by Gasteiger charge is -2.18. The zero-order chi connectivity index (χ0) is 40.7. The molecule has 0 amide bonds. The molecule has 1 atom stereocenters. The Kier molecular flexibility index (Phi) is 42.7. The molecule has 0 aliphatic heterocycles. The van der Waals surface area contributed by atoms with Crippen molar-refractivity contribution in [1.29, 1.82) is 0 Å². The van der Waals surface area contributed by atoms with Gasteiger partial charge in [-0.15, -0.1) is 0 Å². The van der Waals surface area contributed by atoms with E-state index in [1.54, 1.807) is 0 Å². The van der Waals surface area contributed by atoms with E-state index in [2.05, 4.69) is 136 Å². The molecular weight excluding hydrogens is 693 g/mol. The average Bonchev–Trinajstić information content (AvgIpc) is 3.20. The van der Waals surface area contributed by atoms with Gasteiger partial charge >= 0.3 is 11.9 Å². The molecule has 0 aromatic carbocycles.